The van der Waals surface area contributed by atoms with Crippen LogP contribution in [0.3, 0.4) is 0 Å². The van der Waals surface area contributed by atoms with E-state index in [4.69, 9.17) is 10.2 Å². The van der Waals surface area contributed by atoms with Gasteiger partial charge in [-0.25, -0.2) is 0 Å². The molecule has 0 unspecified atom stereocenters. The minimum absolute atomic E-state index is 0.0735. The summed E-state index contributed by atoms with van der Waals surface area (Å²) >= 11 is 3.24. The van der Waals surface area contributed by atoms with Gasteiger partial charge >= 0.3 is 0 Å². The lowest BCUT2D eigenvalue weighted by Gasteiger charge is -2.26. The number of nitrogens with zero attached hydrogens (tertiary/aromatic N) is 1. The summed E-state index contributed by atoms with van der Waals surface area (Å²) in [5, 5.41) is 17.9. The summed E-state index contributed by atoms with van der Waals surface area (Å²) in [6.45, 7) is 0.307. The summed E-state index contributed by atoms with van der Waals surface area (Å²) in [7, 11) is 0. The van der Waals surface area contributed by atoms with E-state index >= 15 is 0 Å². The molecule has 1 rings (SSSR count). The highest BCUT2D eigenvalue weighted by Crippen LogP contribution is 2.25. The normalized spacial score (nSPS) is 21.5. The third kappa shape index (κ3) is 1.89. The maximum Gasteiger partial charge on any atom is 0.0562 e. The Balaban J connectivity index is 2.80. The smallest absolute Gasteiger partial charge is 0.0562 e. The summed E-state index contributed by atoms with van der Waals surface area (Å²) in [6, 6.07) is 0. The highest BCUT2D eigenvalue weighted by molar-refractivity contribution is 9.12. The summed E-state index contributed by atoms with van der Waals surface area (Å²) < 4.78 is 0.812. The highest BCUT2D eigenvalue weighted by Gasteiger charge is 2.27. The van der Waals surface area contributed by atoms with Gasteiger partial charge in [0, 0.05) is 10.7 Å². The molecule has 1 heterocycles. The zero-order valence-corrected chi connectivity index (χ0v) is 7.58. The van der Waals surface area contributed by atoms with Crippen molar-refractivity contribution in [2.24, 2.45) is 10.4 Å². The summed E-state index contributed by atoms with van der Waals surface area (Å²) in [5.74, 6) is 0. The lowest BCUT2D eigenvalue weighted by molar-refractivity contribution is 0.0997. The molecule has 1 aliphatic heterocycles. The zero-order chi connectivity index (χ0) is 8.32. The Kier molecular flexibility index (Phi) is 2.81. The second-order valence-electron chi connectivity index (χ2n) is 2.68. The molecule has 0 aromatic carbocycles. The summed E-state index contributed by atoms with van der Waals surface area (Å²) in [6.07, 6.45) is 3.46. The van der Waals surface area contributed by atoms with E-state index in [1.807, 2.05) is 0 Å². The molecule has 3 nitrogen and oxygen atoms in total. The molecular weight excluding hydrogens is 210 g/mol. The van der Waals surface area contributed by atoms with Crippen LogP contribution >= 0.6 is 15.9 Å². The van der Waals surface area contributed by atoms with Crippen LogP contribution in [0.5, 0.6) is 0 Å². The number of hydrogen-bond acceptors (Lipinski definition) is 3. The van der Waals surface area contributed by atoms with Crippen molar-refractivity contribution in [1.29, 1.82) is 0 Å². The quantitative estimate of drug-likeness (QED) is 0.704. The van der Waals surface area contributed by atoms with Gasteiger partial charge in [0.15, 0.2) is 0 Å². The van der Waals surface area contributed by atoms with E-state index in [-0.39, 0.29) is 13.2 Å². The Labute approximate surface area is 73.6 Å². The maximum absolute atomic E-state index is 8.96. The van der Waals surface area contributed by atoms with Crippen LogP contribution in [0, 0.1) is 5.41 Å². The van der Waals surface area contributed by atoms with Gasteiger partial charge in [-0.05, 0) is 15.9 Å². The third-order valence-corrected chi connectivity index (χ3v) is 2.13. The molecular formula is C7H10BrNO2. The molecule has 0 aromatic rings. The molecule has 11 heavy (non-hydrogen) atoms. The SMILES string of the molecule is OCC1(CO)C=C(Br)C=NC1. The third-order valence-electron chi connectivity index (χ3n) is 1.69. The molecule has 0 saturated heterocycles. The molecule has 2 N–H and O–H groups in total. The highest BCUT2D eigenvalue weighted by atomic mass is 79.9. The van der Waals surface area contributed by atoms with Crippen molar-refractivity contribution >= 4 is 22.1 Å². The number of rotatable bonds is 2. The van der Waals surface area contributed by atoms with E-state index in [0.717, 1.165) is 4.48 Å². The molecule has 0 spiro atoms. The van der Waals surface area contributed by atoms with Crippen LogP contribution in [-0.2, 0) is 0 Å². The zero-order valence-electron chi connectivity index (χ0n) is 6.00. The van der Waals surface area contributed by atoms with Crippen LogP contribution < -0.4 is 0 Å². The molecule has 62 valence electrons. The minimum atomic E-state index is -0.562. The standard InChI is InChI=1S/C7H10BrNO2/c8-6-1-7(4-10,5-11)3-9-2-6/h1-2,10-11H,3-5H2. The first-order chi connectivity index (χ1) is 5.22. The van der Waals surface area contributed by atoms with Crippen molar-refractivity contribution in [3.05, 3.63) is 10.6 Å². The average molecular weight is 220 g/mol. The van der Waals surface area contributed by atoms with Gasteiger partial charge in [0.25, 0.3) is 0 Å². The fourth-order valence-electron chi connectivity index (χ4n) is 0.931. The topological polar surface area (TPSA) is 52.8 Å². The number of dihydropyridines is 1. The van der Waals surface area contributed by atoms with Crippen LogP contribution in [0.1, 0.15) is 0 Å². The van der Waals surface area contributed by atoms with E-state index in [2.05, 4.69) is 20.9 Å². The van der Waals surface area contributed by atoms with Gasteiger partial charge < -0.3 is 10.2 Å². The molecule has 4 heteroatoms. The molecule has 0 radical (unpaired) electrons. The largest absolute Gasteiger partial charge is 0.395 e. The van der Waals surface area contributed by atoms with Crippen molar-refractivity contribution in [1.82, 2.24) is 0 Å². The lowest BCUT2D eigenvalue weighted by atomic mass is 9.89. The number of halogens is 1. The van der Waals surface area contributed by atoms with Crippen molar-refractivity contribution in [3.63, 3.8) is 0 Å². The van der Waals surface area contributed by atoms with Gasteiger partial charge in [0.2, 0.25) is 0 Å². The van der Waals surface area contributed by atoms with Gasteiger partial charge in [-0.15, -0.1) is 0 Å². The van der Waals surface area contributed by atoms with E-state index in [1.165, 1.54) is 0 Å². The van der Waals surface area contributed by atoms with E-state index in [0.29, 0.717) is 6.54 Å². The number of hydrogen-bond donors (Lipinski definition) is 2. The Bertz CT molecular complexity index is 197. The second-order valence-corrected chi connectivity index (χ2v) is 3.59. The predicted molar refractivity (Wildman–Crippen MR) is 47.0 cm³/mol. The predicted octanol–water partition coefficient (Wildman–Crippen LogP) is 0.321. The summed E-state index contributed by atoms with van der Waals surface area (Å²) in [4.78, 5) is 3.99. The van der Waals surface area contributed by atoms with Crippen LogP contribution in [0.4, 0.5) is 0 Å². The Hall–Kier alpha value is -0.190. The van der Waals surface area contributed by atoms with Gasteiger partial charge in [0.1, 0.15) is 0 Å². The Morgan fingerprint density at radius 1 is 1.55 bits per heavy atom. The Morgan fingerprint density at radius 3 is 2.55 bits per heavy atom. The molecule has 0 fully saturated rings. The molecule has 0 aliphatic carbocycles. The van der Waals surface area contributed by atoms with Crippen molar-refractivity contribution in [3.8, 4) is 0 Å². The van der Waals surface area contributed by atoms with Crippen LogP contribution in [-0.4, -0.2) is 36.2 Å². The second kappa shape index (κ2) is 3.47. The van der Waals surface area contributed by atoms with Crippen molar-refractivity contribution in [2.45, 2.75) is 0 Å². The lowest BCUT2D eigenvalue weighted by Crippen LogP contribution is -2.32. The summed E-state index contributed by atoms with van der Waals surface area (Å²) in [5.41, 5.74) is -0.562. The van der Waals surface area contributed by atoms with Crippen LogP contribution in [0.2, 0.25) is 0 Å². The minimum Gasteiger partial charge on any atom is -0.395 e. The monoisotopic (exact) mass is 219 g/mol. The Morgan fingerprint density at radius 2 is 2.18 bits per heavy atom. The van der Waals surface area contributed by atoms with Gasteiger partial charge in [-0.1, -0.05) is 6.08 Å². The first-order valence-corrected chi connectivity index (χ1v) is 4.12. The van der Waals surface area contributed by atoms with E-state index < -0.39 is 5.41 Å². The number of aliphatic hydroxyl groups is 2. The molecule has 0 atom stereocenters. The van der Waals surface area contributed by atoms with Gasteiger partial charge in [-0.3, -0.25) is 4.99 Å². The molecule has 0 aromatic heterocycles. The average Bonchev–Trinajstić information content (AvgIpc) is 2.04. The fraction of sp³-hybridized carbons (Fsp3) is 0.571. The molecule has 0 saturated carbocycles. The van der Waals surface area contributed by atoms with Crippen LogP contribution in [0.25, 0.3) is 0 Å². The molecule has 0 bridgehead atoms. The fourth-order valence-corrected chi connectivity index (χ4v) is 1.56. The first-order valence-electron chi connectivity index (χ1n) is 3.32. The van der Waals surface area contributed by atoms with Crippen LogP contribution in [0.15, 0.2) is 15.6 Å². The van der Waals surface area contributed by atoms with Crippen molar-refractivity contribution in [2.75, 3.05) is 19.8 Å². The molecule has 1 aliphatic rings. The number of allylic oxidation sites excluding steroid dienone is 1. The van der Waals surface area contributed by atoms with Gasteiger partial charge in [0.05, 0.1) is 25.2 Å². The maximum atomic E-state index is 8.96. The first kappa shape index (κ1) is 8.90. The van der Waals surface area contributed by atoms with E-state index in [9.17, 15) is 0 Å². The van der Waals surface area contributed by atoms with Gasteiger partial charge in [-0.2, -0.15) is 0 Å². The number of aliphatic hydroxyl groups excluding tert-OH is 2. The van der Waals surface area contributed by atoms with E-state index in [1.54, 1.807) is 12.3 Å². The number of aliphatic imine (C=N–C) groups is 1. The van der Waals surface area contributed by atoms with Crippen molar-refractivity contribution < 1.29 is 10.2 Å². The molecule has 0 amide bonds.